The molecular weight excluding hydrogens is 256 g/mol. The van der Waals surface area contributed by atoms with E-state index in [1.165, 1.54) is 23.1 Å². The second kappa shape index (κ2) is 6.35. The lowest BCUT2D eigenvalue weighted by Gasteiger charge is -2.16. The Labute approximate surface area is 110 Å². The van der Waals surface area contributed by atoms with Crippen LogP contribution in [0.1, 0.15) is 30.1 Å². The predicted octanol–water partition coefficient (Wildman–Crippen LogP) is 3.12. The number of carbonyl (C=O) groups is 1. The van der Waals surface area contributed by atoms with Gasteiger partial charge >= 0.3 is 5.69 Å². The summed E-state index contributed by atoms with van der Waals surface area (Å²) in [5.74, 6) is -0.377. The van der Waals surface area contributed by atoms with E-state index in [2.05, 4.69) is 0 Å². The highest BCUT2D eigenvalue weighted by molar-refractivity contribution is 6.33. The summed E-state index contributed by atoms with van der Waals surface area (Å²) in [7, 11) is 1.63. The van der Waals surface area contributed by atoms with Crippen molar-refractivity contribution in [3.8, 4) is 0 Å². The van der Waals surface area contributed by atoms with Crippen LogP contribution in [-0.2, 0) is 0 Å². The van der Waals surface area contributed by atoms with Crippen molar-refractivity contribution >= 4 is 23.2 Å². The summed E-state index contributed by atoms with van der Waals surface area (Å²) in [6.45, 7) is 2.58. The Balaban J connectivity index is 3.05. The maximum Gasteiger partial charge on any atom is 0.300 e. The van der Waals surface area contributed by atoms with E-state index in [-0.39, 0.29) is 22.2 Å². The lowest BCUT2D eigenvalue weighted by Crippen LogP contribution is -2.28. The molecule has 1 amide bonds. The molecule has 1 aromatic carbocycles. The molecule has 6 heteroatoms. The van der Waals surface area contributed by atoms with Crippen LogP contribution in [0.3, 0.4) is 0 Å². The molecule has 0 heterocycles. The van der Waals surface area contributed by atoms with Gasteiger partial charge in [0.25, 0.3) is 5.91 Å². The monoisotopic (exact) mass is 270 g/mol. The Morgan fingerprint density at radius 1 is 1.50 bits per heavy atom. The summed E-state index contributed by atoms with van der Waals surface area (Å²) in [6, 6.07) is 4.37. The number of hydrogen-bond donors (Lipinski definition) is 0. The van der Waals surface area contributed by atoms with Crippen LogP contribution in [0.5, 0.6) is 0 Å². The SMILES string of the molecule is CCCCN(C)C(=O)c1cccc(Cl)c1[N+](=O)[O-]. The van der Waals surface area contributed by atoms with Crippen LogP contribution in [0.4, 0.5) is 5.69 Å². The molecule has 0 N–H and O–H groups in total. The summed E-state index contributed by atoms with van der Waals surface area (Å²) in [4.78, 5) is 23.9. The van der Waals surface area contributed by atoms with Crippen molar-refractivity contribution in [2.45, 2.75) is 19.8 Å². The third kappa shape index (κ3) is 3.20. The quantitative estimate of drug-likeness (QED) is 0.610. The van der Waals surface area contributed by atoms with Crippen LogP contribution in [0, 0.1) is 10.1 Å². The number of halogens is 1. The van der Waals surface area contributed by atoms with Crippen molar-refractivity contribution in [2.75, 3.05) is 13.6 Å². The Kier molecular flexibility index (Phi) is 5.09. The van der Waals surface area contributed by atoms with Gasteiger partial charge in [-0.15, -0.1) is 0 Å². The van der Waals surface area contributed by atoms with E-state index in [4.69, 9.17) is 11.6 Å². The molecular formula is C12H15ClN2O3. The topological polar surface area (TPSA) is 63.5 Å². The van der Waals surface area contributed by atoms with Gasteiger partial charge in [-0.05, 0) is 18.6 Å². The molecule has 0 fully saturated rings. The molecule has 0 bridgehead atoms. The highest BCUT2D eigenvalue weighted by Crippen LogP contribution is 2.28. The molecule has 1 rings (SSSR count). The molecule has 18 heavy (non-hydrogen) atoms. The fourth-order valence-corrected chi connectivity index (χ4v) is 1.82. The lowest BCUT2D eigenvalue weighted by molar-refractivity contribution is -0.385. The summed E-state index contributed by atoms with van der Waals surface area (Å²) < 4.78 is 0. The fourth-order valence-electron chi connectivity index (χ4n) is 1.58. The van der Waals surface area contributed by atoms with E-state index < -0.39 is 4.92 Å². The van der Waals surface area contributed by atoms with Gasteiger partial charge in [0.05, 0.1) is 4.92 Å². The van der Waals surface area contributed by atoms with Crippen molar-refractivity contribution in [1.82, 2.24) is 4.90 Å². The Morgan fingerprint density at radius 3 is 2.72 bits per heavy atom. The number of para-hydroxylation sites is 1. The standard InChI is InChI=1S/C12H15ClN2O3/c1-3-4-8-14(2)12(16)9-6-5-7-10(13)11(9)15(17)18/h5-7H,3-4,8H2,1-2H3. The van der Waals surface area contributed by atoms with Crippen LogP contribution in [-0.4, -0.2) is 29.3 Å². The van der Waals surface area contributed by atoms with E-state index in [1.54, 1.807) is 7.05 Å². The van der Waals surface area contributed by atoms with Crippen LogP contribution in [0.15, 0.2) is 18.2 Å². The average molecular weight is 271 g/mol. The summed E-state index contributed by atoms with van der Waals surface area (Å²) in [6.07, 6.45) is 1.81. The van der Waals surface area contributed by atoms with Crippen molar-refractivity contribution in [1.29, 1.82) is 0 Å². The minimum absolute atomic E-state index is 0.0188. The first-order chi connectivity index (χ1) is 8.49. The van der Waals surface area contributed by atoms with Crippen molar-refractivity contribution in [2.24, 2.45) is 0 Å². The Hall–Kier alpha value is -1.62. The van der Waals surface area contributed by atoms with Gasteiger partial charge in [0.1, 0.15) is 10.6 Å². The third-order valence-corrected chi connectivity index (χ3v) is 2.90. The number of nitrogens with zero attached hydrogens (tertiary/aromatic N) is 2. The van der Waals surface area contributed by atoms with E-state index in [9.17, 15) is 14.9 Å². The van der Waals surface area contributed by atoms with Gasteiger partial charge in [-0.3, -0.25) is 14.9 Å². The van der Waals surface area contributed by atoms with E-state index in [0.29, 0.717) is 6.54 Å². The smallest absolute Gasteiger partial charge is 0.300 e. The molecule has 0 saturated heterocycles. The Bertz CT molecular complexity index is 463. The summed E-state index contributed by atoms with van der Waals surface area (Å²) in [5.41, 5.74) is -0.293. The van der Waals surface area contributed by atoms with Crippen molar-refractivity contribution in [3.05, 3.63) is 38.9 Å². The zero-order chi connectivity index (χ0) is 13.7. The number of rotatable bonds is 5. The van der Waals surface area contributed by atoms with E-state index in [1.807, 2.05) is 6.92 Å². The number of nitro groups is 1. The van der Waals surface area contributed by atoms with Gasteiger partial charge in [-0.2, -0.15) is 0 Å². The number of amides is 1. The zero-order valence-corrected chi connectivity index (χ0v) is 11.1. The number of carbonyl (C=O) groups excluding carboxylic acids is 1. The number of benzene rings is 1. The maximum atomic E-state index is 12.1. The lowest BCUT2D eigenvalue weighted by atomic mass is 10.1. The average Bonchev–Trinajstić information content (AvgIpc) is 2.34. The molecule has 0 spiro atoms. The van der Waals surface area contributed by atoms with Gasteiger partial charge in [0, 0.05) is 13.6 Å². The Morgan fingerprint density at radius 2 is 2.17 bits per heavy atom. The second-order valence-electron chi connectivity index (χ2n) is 3.97. The van der Waals surface area contributed by atoms with Gasteiger partial charge < -0.3 is 4.90 Å². The van der Waals surface area contributed by atoms with Crippen molar-refractivity contribution < 1.29 is 9.72 Å². The van der Waals surface area contributed by atoms with Crippen LogP contribution in [0.25, 0.3) is 0 Å². The molecule has 0 saturated carbocycles. The molecule has 0 aliphatic rings. The maximum absolute atomic E-state index is 12.1. The largest absolute Gasteiger partial charge is 0.341 e. The van der Waals surface area contributed by atoms with E-state index in [0.717, 1.165) is 12.8 Å². The van der Waals surface area contributed by atoms with E-state index >= 15 is 0 Å². The molecule has 98 valence electrons. The molecule has 0 radical (unpaired) electrons. The zero-order valence-electron chi connectivity index (χ0n) is 10.4. The highest BCUT2D eigenvalue weighted by Gasteiger charge is 2.25. The minimum atomic E-state index is -0.622. The van der Waals surface area contributed by atoms with Crippen LogP contribution < -0.4 is 0 Å². The fraction of sp³-hybridized carbons (Fsp3) is 0.417. The number of hydrogen-bond acceptors (Lipinski definition) is 3. The van der Waals surface area contributed by atoms with Crippen LogP contribution >= 0.6 is 11.6 Å². The van der Waals surface area contributed by atoms with Gasteiger partial charge in [-0.1, -0.05) is 31.0 Å². The van der Waals surface area contributed by atoms with Gasteiger partial charge in [0.2, 0.25) is 0 Å². The van der Waals surface area contributed by atoms with Crippen LogP contribution in [0.2, 0.25) is 5.02 Å². The number of nitro benzene ring substituents is 1. The summed E-state index contributed by atoms with van der Waals surface area (Å²) in [5, 5.41) is 10.9. The highest BCUT2D eigenvalue weighted by atomic mass is 35.5. The third-order valence-electron chi connectivity index (χ3n) is 2.59. The predicted molar refractivity (Wildman–Crippen MR) is 70.0 cm³/mol. The van der Waals surface area contributed by atoms with Crippen molar-refractivity contribution in [3.63, 3.8) is 0 Å². The minimum Gasteiger partial charge on any atom is -0.341 e. The first-order valence-corrected chi connectivity index (χ1v) is 6.05. The molecule has 0 atom stereocenters. The molecule has 0 aliphatic heterocycles. The molecule has 5 nitrogen and oxygen atoms in total. The first kappa shape index (κ1) is 14.4. The molecule has 0 aromatic heterocycles. The second-order valence-corrected chi connectivity index (χ2v) is 4.38. The summed E-state index contributed by atoms with van der Waals surface area (Å²) >= 11 is 5.77. The molecule has 0 aliphatic carbocycles. The number of unbranched alkanes of at least 4 members (excludes halogenated alkanes) is 1. The van der Waals surface area contributed by atoms with Gasteiger partial charge in [0.15, 0.2) is 0 Å². The molecule has 0 unspecified atom stereocenters. The first-order valence-electron chi connectivity index (χ1n) is 5.67. The normalized spacial score (nSPS) is 10.2. The van der Waals surface area contributed by atoms with Gasteiger partial charge in [-0.25, -0.2) is 0 Å². The molecule has 1 aromatic rings.